The highest BCUT2D eigenvalue weighted by Crippen LogP contribution is 2.30. The smallest absolute Gasteiger partial charge is 0.293 e. The largest absolute Gasteiger partial charge is 0.399 e. The van der Waals surface area contributed by atoms with Crippen LogP contribution < -0.4 is 4.90 Å². The molecular formula is C13H18N4O5S. The Labute approximate surface area is 134 Å². The second-order valence-electron chi connectivity index (χ2n) is 5.07. The first-order valence-electron chi connectivity index (χ1n) is 6.88. The average molecular weight is 342 g/mol. The Morgan fingerprint density at radius 3 is 2.48 bits per heavy atom. The minimum Gasteiger partial charge on any atom is -0.399 e. The number of nitro benzene ring substituents is 1. The second kappa shape index (κ2) is 6.92. The molecule has 0 amide bonds. The first kappa shape index (κ1) is 17.2. The van der Waals surface area contributed by atoms with Gasteiger partial charge in [0.1, 0.15) is 12.8 Å². The van der Waals surface area contributed by atoms with Gasteiger partial charge in [0.05, 0.1) is 17.4 Å². The Hall–Kier alpha value is -2.20. The fraction of sp³-hybridized carbons (Fsp3) is 0.462. The standard InChI is InChI=1S/C13H18N4O5S/c1-22-14-10-11-3-4-12(13(9-11)17(18)19)15-5-7-16(8-6-15)23(2,20)21/h3-4,9-10H,5-8H2,1-2H3/b14-10+. The van der Waals surface area contributed by atoms with Gasteiger partial charge in [0.25, 0.3) is 5.69 Å². The highest BCUT2D eigenvalue weighted by atomic mass is 32.2. The minimum atomic E-state index is -3.23. The van der Waals surface area contributed by atoms with Gasteiger partial charge in [-0.25, -0.2) is 8.42 Å². The van der Waals surface area contributed by atoms with E-state index in [2.05, 4.69) is 9.99 Å². The van der Waals surface area contributed by atoms with E-state index in [4.69, 9.17) is 0 Å². The van der Waals surface area contributed by atoms with Crippen molar-refractivity contribution in [3.8, 4) is 0 Å². The van der Waals surface area contributed by atoms with Crippen molar-refractivity contribution in [3.05, 3.63) is 33.9 Å². The number of rotatable bonds is 5. The van der Waals surface area contributed by atoms with Crippen LogP contribution in [-0.4, -0.2) is 63.4 Å². The van der Waals surface area contributed by atoms with Crippen LogP contribution in [0.4, 0.5) is 11.4 Å². The van der Waals surface area contributed by atoms with Crippen LogP contribution in [0.25, 0.3) is 0 Å². The first-order chi connectivity index (χ1) is 10.8. The molecule has 0 atom stereocenters. The van der Waals surface area contributed by atoms with Crippen LogP contribution in [-0.2, 0) is 14.9 Å². The Balaban J connectivity index is 2.23. The van der Waals surface area contributed by atoms with E-state index >= 15 is 0 Å². The zero-order chi connectivity index (χ0) is 17.0. The lowest BCUT2D eigenvalue weighted by atomic mass is 10.1. The highest BCUT2D eigenvalue weighted by molar-refractivity contribution is 7.88. The summed E-state index contributed by atoms with van der Waals surface area (Å²) < 4.78 is 24.4. The molecule has 0 N–H and O–H groups in total. The molecule has 10 heteroatoms. The van der Waals surface area contributed by atoms with Crippen molar-refractivity contribution in [1.29, 1.82) is 0 Å². The SMILES string of the molecule is CO/N=C/c1ccc(N2CCN(S(C)(=O)=O)CC2)c([N+](=O)[O-])c1. The van der Waals surface area contributed by atoms with Crippen molar-refractivity contribution >= 4 is 27.6 Å². The Morgan fingerprint density at radius 2 is 1.96 bits per heavy atom. The minimum absolute atomic E-state index is 0.0436. The molecular weight excluding hydrogens is 324 g/mol. The maximum Gasteiger partial charge on any atom is 0.293 e. The third-order valence-corrected chi connectivity index (χ3v) is 4.85. The summed E-state index contributed by atoms with van der Waals surface area (Å²) in [6.07, 6.45) is 2.55. The van der Waals surface area contributed by atoms with Crippen LogP contribution in [0.1, 0.15) is 5.56 Å². The van der Waals surface area contributed by atoms with E-state index in [0.717, 1.165) is 6.26 Å². The van der Waals surface area contributed by atoms with Gasteiger partial charge >= 0.3 is 0 Å². The van der Waals surface area contributed by atoms with Crippen LogP contribution in [0.15, 0.2) is 23.4 Å². The molecule has 0 radical (unpaired) electrons. The average Bonchev–Trinajstić information content (AvgIpc) is 2.52. The number of nitro groups is 1. The molecule has 126 valence electrons. The summed E-state index contributed by atoms with van der Waals surface area (Å²) in [5.41, 5.74) is 0.979. The molecule has 1 saturated heterocycles. The van der Waals surface area contributed by atoms with E-state index < -0.39 is 14.9 Å². The Morgan fingerprint density at radius 1 is 1.30 bits per heavy atom. The number of oxime groups is 1. The fourth-order valence-electron chi connectivity index (χ4n) is 2.41. The quantitative estimate of drug-likeness (QED) is 0.442. The monoisotopic (exact) mass is 342 g/mol. The summed E-state index contributed by atoms with van der Waals surface area (Å²) in [5, 5.41) is 14.9. The third-order valence-electron chi connectivity index (χ3n) is 3.55. The molecule has 23 heavy (non-hydrogen) atoms. The molecule has 1 heterocycles. The number of sulfonamides is 1. The molecule has 0 spiro atoms. The van der Waals surface area contributed by atoms with E-state index in [1.165, 1.54) is 23.7 Å². The van der Waals surface area contributed by atoms with Crippen LogP contribution in [0, 0.1) is 10.1 Å². The topological polar surface area (TPSA) is 105 Å². The predicted molar refractivity (Wildman–Crippen MR) is 86.3 cm³/mol. The fourth-order valence-corrected chi connectivity index (χ4v) is 3.24. The van der Waals surface area contributed by atoms with Crippen LogP contribution in [0.5, 0.6) is 0 Å². The van der Waals surface area contributed by atoms with Gasteiger partial charge in [-0.15, -0.1) is 0 Å². The maximum atomic E-state index is 11.5. The lowest BCUT2D eigenvalue weighted by molar-refractivity contribution is -0.384. The van der Waals surface area contributed by atoms with Gasteiger partial charge in [-0.3, -0.25) is 10.1 Å². The summed E-state index contributed by atoms with van der Waals surface area (Å²) >= 11 is 0. The number of benzene rings is 1. The molecule has 2 rings (SSSR count). The van der Waals surface area contributed by atoms with E-state index in [-0.39, 0.29) is 5.69 Å². The summed E-state index contributed by atoms with van der Waals surface area (Å²) in [6, 6.07) is 4.76. The first-order valence-corrected chi connectivity index (χ1v) is 8.73. The second-order valence-corrected chi connectivity index (χ2v) is 7.05. The lowest BCUT2D eigenvalue weighted by Gasteiger charge is -2.34. The van der Waals surface area contributed by atoms with Gasteiger partial charge in [-0.05, 0) is 6.07 Å². The van der Waals surface area contributed by atoms with Crippen molar-refractivity contribution in [2.45, 2.75) is 0 Å². The zero-order valence-corrected chi connectivity index (χ0v) is 13.7. The van der Waals surface area contributed by atoms with Crippen LogP contribution in [0.2, 0.25) is 0 Å². The van der Waals surface area contributed by atoms with E-state index in [1.807, 2.05) is 4.90 Å². The molecule has 0 aliphatic carbocycles. The summed E-state index contributed by atoms with van der Waals surface area (Å²) in [6.45, 7) is 1.42. The summed E-state index contributed by atoms with van der Waals surface area (Å²) in [7, 11) is -1.84. The molecule has 0 saturated carbocycles. The van der Waals surface area contributed by atoms with E-state index in [9.17, 15) is 18.5 Å². The van der Waals surface area contributed by atoms with Crippen molar-refractivity contribution in [1.82, 2.24) is 4.31 Å². The molecule has 0 aromatic heterocycles. The van der Waals surface area contributed by atoms with Gasteiger partial charge in [0.15, 0.2) is 0 Å². The van der Waals surface area contributed by atoms with Crippen LogP contribution >= 0.6 is 0 Å². The molecule has 0 bridgehead atoms. The van der Waals surface area contributed by atoms with Crippen molar-refractivity contribution in [2.75, 3.05) is 44.4 Å². The molecule has 1 aromatic rings. The van der Waals surface area contributed by atoms with Gasteiger partial charge in [0, 0.05) is 37.8 Å². The number of nitrogens with zero attached hydrogens (tertiary/aromatic N) is 4. The van der Waals surface area contributed by atoms with E-state index in [1.54, 1.807) is 12.1 Å². The molecule has 1 aliphatic rings. The van der Waals surface area contributed by atoms with Crippen molar-refractivity contribution in [3.63, 3.8) is 0 Å². The molecule has 0 unspecified atom stereocenters. The Bertz CT molecular complexity index is 711. The van der Waals surface area contributed by atoms with Gasteiger partial charge in [-0.2, -0.15) is 4.31 Å². The molecule has 1 aliphatic heterocycles. The summed E-state index contributed by atoms with van der Waals surface area (Å²) in [4.78, 5) is 17.2. The normalized spacial score (nSPS) is 16.7. The summed E-state index contributed by atoms with van der Waals surface area (Å²) in [5.74, 6) is 0. The highest BCUT2D eigenvalue weighted by Gasteiger charge is 2.27. The Kier molecular flexibility index (Phi) is 5.16. The van der Waals surface area contributed by atoms with Crippen LogP contribution in [0.3, 0.4) is 0 Å². The molecule has 9 nitrogen and oxygen atoms in total. The third kappa shape index (κ3) is 4.17. The number of hydrogen-bond donors (Lipinski definition) is 0. The van der Waals surface area contributed by atoms with E-state index in [0.29, 0.717) is 37.4 Å². The number of hydrogen-bond acceptors (Lipinski definition) is 7. The number of anilines is 1. The molecule has 1 aromatic carbocycles. The van der Waals surface area contributed by atoms with Gasteiger partial charge in [-0.1, -0.05) is 11.2 Å². The van der Waals surface area contributed by atoms with Crippen molar-refractivity contribution < 1.29 is 18.2 Å². The lowest BCUT2D eigenvalue weighted by Crippen LogP contribution is -2.48. The molecule has 1 fully saturated rings. The predicted octanol–water partition coefficient (Wildman–Crippen LogP) is 0.657. The number of piperazine rings is 1. The van der Waals surface area contributed by atoms with Gasteiger partial charge in [0.2, 0.25) is 10.0 Å². The maximum absolute atomic E-state index is 11.5. The van der Waals surface area contributed by atoms with Gasteiger partial charge < -0.3 is 9.74 Å². The zero-order valence-electron chi connectivity index (χ0n) is 12.9. The van der Waals surface area contributed by atoms with Crippen molar-refractivity contribution in [2.24, 2.45) is 5.16 Å².